The van der Waals surface area contributed by atoms with Gasteiger partial charge in [0.05, 0.1) is 7.11 Å². The van der Waals surface area contributed by atoms with Crippen molar-refractivity contribution >= 4 is 17.8 Å². The highest BCUT2D eigenvalue weighted by atomic mass is 16.5. The molecular formula is C17H32N2O4. The number of amides is 2. The molecule has 0 aliphatic carbocycles. The molecule has 0 saturated heterocycles. The monoisotopic (exact) mass is 328 g/mol. The summed E-state index contributed by atoms with van der Waals surface area (Å²) in [6.07, 6.45) is 5.14. The largest absolute Gasteiger partial charge is 0.467 e. The van der Waals surface area contributed by atoms with Gasteiger partial charge < -0.3 is 15.4 Å². The van der Waals surface area contributed by atoms with E-state index in [4.69, 9.17) is 4.74 Å². The highest BCUT2D eigenvalue weighted by Crippen LogP contribution is 2.09. The van der Waals surface area contributed by atoms with Gasteiger partial charge in [0.15, 0.2) is 0 Å². The molecule has 0 bridgehead atoms. The molecule has 23 heavy (non-hydrogen) atoms. The van der Waals surface area contributed by atoms with Crippen molar-refractivity contribution in [2.45, 2.75) is 78.3 Å². The molecule has 0 aromatic heterocycles. The second-order valence-electron chi connectivity index (χ2n) is 6.32. The Morgan fingerprint density at radius 3 is 2.13 bits per heavy atom. The van der Waals surface area contributed by atoms with E-state index in [1.165, 1.54) is 14.0 Å². The molecule has 0 rings (SSSR count). The fourth-order valence-corrected chi connectivity index (χ4v) is 2.39. The van der Waals surface area contributed by atoms with Gasteiger partial charge in [-0.2, -0.15) is 0 Å². The van der Waals surface area contributed by atoms with Crippen LogP contribution in [0.5, 0.6) is 0 Å². The van der Waals surface area contributed by atoms with Gasteiger partial charge in [0, 0.05) is 6.92 Å². The van der Waals surface area contributed by atoms with E-state index in [1.54, 1.807) is 0 Å². The van der Waals surface area contributed by atoms with E-state index >= 15 is 0 Å². The molecule has 0 spiro atoms. The lowest BCUT2D eigenvalue weighted by Gasteiger charge is -2.23. The van der Waals surface area contributed by atoms with Gasteiger partial charge in [-0.15, -0.1) is 0 Å². The number of unbranched alkanes of at least 4 members (excludes halogenated alkanes) is 3. The molecule has 0 fully saturated rings. The van der Waals surface area contributed by atoms with E-state index in [9.17, 15) is 14.4 Å². The van der Waals surface area contributed by atoms with Gasteiger partial charge in [-0.3, -0.25) is 9.59 Å². The van der Waals surface area contributed by atoms with E-state index in [0.717, 1.165) is 25.7 Å². The number of hydrogen-bond donors (Lipinski definition) is 2. The molecule has 134 valence electrons. The van der Waals surface area contributed by atoms with E-state index < -0.39 is 18.1 Å². The average molecular weight is 328 g/mol. The van der Waals surface area contributed by atoms with Gasteiger partial charge in [-0.1, -0.05) is 46.5 Å². The predicted molar refractivity (Wildman–Crippen MR) is 89.8 cm³/mol. The molecule has 0 aliphatic heterocycles. The molecule has 0 saturated carbocycles. The van der Waals surface area contributed by atoms with Crippen molar-refractivity contribution in [1.82, 2.24) is 10.6 Å². The van der Waals surface area contributed by atoms with Crippen LogP contribution in [0.25, 0.3) is 0 Å². The number of nitrogens with one attached hydrogen (secondary N) is 2. The van der Waals surface area contributed by atoms with Gasteiger partial charge in [0.2, 0.25) is 11.8 Å². The third-order valence-electron chi connectivity index (χ3n) is 3.55. The van der Waals surface area contributed by atoms with Crippen molar-refractivity contribution in [3.05, 3.63) is 0 Å². The highest BCUT2D eigenvalue weighted by molar-refractivity contribution is 5.90. The van der Waals surface area contributed by atoms with Crippen LogP contribution in [0, 0.1) is 5.92 Å². The summed E-state index contributed by atoms with van der Waals surface area (Å²) in [5.74, 6) is -0.789. The van der Waals surface area contributed by atoms with Crippen LogP contribution in [-0.4, -0.2) is 37.0 Å². The maximum Gasteiger partial charge on any atom is 0.328 e. The molecule has 0 aliphatic rings. The smallest absolute Gasteiger partial charge is 0.328 e. The lowest BCUT2D eigenvalue weighted by atomic mass is 10.0. The number of carbonyl (C=O) groups is 3. The molecule has 0 aromatic rings. The lowest BCUT2D eigenvalue weighted by Crippen LogP contribution is -2.51. The van der Waals surface area contributed by atoms with Crippen molar-refractivity contribution in [2.24, 2.45) is 5.92 Å². The average Bonchev–Trinajstić information content (AvgIpc) is 2.47. The summed E-state index contributed by atoms with van der Waals surface area (Å²) >= 11 is 0. The van der Waals surface area contributed by atoms with Crippen molar-refractivity contribution in [3.8, 4) is 0 Å². The number of rotatable bonds is 11. The number of methoxy groups -OCH3 is 1. The van der Waals surface area contributed by atoms with Crippen LogP contribution in [0.2, 0.25) is 0 Å². The topological polar surface area (TPSA) is 84.5 Å². The number of hydrogen-bond acceptors (Lipinski definition) is 4. The van der Waals surface area contributed by atoms with Crippen molar-refractivity contribution < 1.29 is 19.1 Å². The third-order valence-corrected chi connectivity index (χ3v) is 3.55. The molecule has 6 nitrogen and oxygen atoms in total. The highest BCUT2D eigenvalue weighted by Gasteiger charge is 2.26. The number of esters is 1. The van der Waals surface area contributed by atoms with Crippen LogP contribution in [0.4, 0.5) is 0 Å². The van der Waals surface area contributed by atoms with Crippen LogP contribution < -0.4 is 10.6 Å². The molecule has 0 unspecified atom stereocenters. The Balaban J connectivity index is 4.73. The first kappa shape index (κ1) is 21.4. The van der Waals surface area contributed by atoms with Gasteiger partial charge in [0.1, 0.15) is 12.1 Å². The zero-order valence-corrected chi connectivity index (χ0v) is 15.1. The van der Waals surface area contributed by atoms with Crippen LogP contribution in [0.3, 0.4) is 0 Å². The van der Waals surface area contributed by atoms with Crippen LogP contribution >= 0.6 is 0 Å². The van der Waals surface area contributed by atoms with E-state index in [1.807, 2.05) is 13.8 Å². The quantitative estimate of drug-likeness (QED) is 0.450. The Kier molecular flexibility index (Phi) is 11.1. The normalized spacial score (nSPS) is 13.3. The summed E-state index contributed by atoms with van der Waals surface area (Å²) < 4.78 is 4.77. The Bertz CT molecular complexity index is 383. The number of ether oxygens (including phenoxy) is 1. The molecule has 0 radical (unpaired) electrons. The van der Waals surface area contributed by atoms with Gasteiger partial charge in [0.25, 0.3) is 0 Å². The molecule has 2 N–H and O–H groups in total. The second kappa shape index (κ2) is 11.9. The van der Waals surface area contributed by atoms with Gasteiger partial charge in [-0.25, -0.2) is 4.79 Å². The molecule has 2 amide bonds. The van der Waals surface area contributed by atoms with Crippen LogP contribution in [-0.2, 0) is 19.1 Å². The Morgan fingerprint density at radius 1 is 1.00 bits per heavy atom. The summed E-state index contributed by atoms with van der Waals surface area (Å²) in [7, 11) is 1.31. The minimum absolute atomic E-state index is 0.249. The van der Waals surface area contributed by atoms with Crippen molar-refractivity contribution in [1.29, 1.82) is 0 Å². The number of carbonyl (C=O) groups excluding carboxylic acids is 3. The Labute approximate surface area is 139 Å². The minimum atomic E-state index is -0.659. The third kappa shape index (κ3) is 9.92. The SMILES string of the molecule is CCCCCC[C@@H](NC(=O)[C@H](CC(C)C)NC(C)=O)C(=O)OC. The van der Waals surface area contributed by atoms with E-state index in [0.29, 0.717) is 12.8 Å². The minimum Gasteiger partial charge on any atom is -0.467 e. The van der Waals surface area contributed by atoms with E-state index in [2.05, 4.69) is 17.6 Å². The fraction of sp³-hybridized carbons (Fsp3) is 0.824. The fourth-order valence-electron chi connectivity index (χ4n) is 2.39. The first-order chi connectivity index (χ1) is 10.8. The Hall–Kier alpha value is -1.59. The van der Waals surface area contributed by atoms with Crippen molar-refractivity contribution in [3.63, 3.8) is 0 Å². The Morgan fingerprint density at radius 2 is 1.65 bits per heavy atom. The van der Waals surface area contributed by atoms with Crippen LogP contribution in [0.15, 0.2) is 0 Å². The maximum absolute atomic E-state index is 12.4. The summed E-state index contributed by atoms with van der Waals surface area (Å²) in [4.78, 5) is 35.5. The summed E-state index contributed by atoms with van der Waals surface area (Å²) in [5.41, 5.74) is 0. The zero-order chi connectivity index (χ0) is 17.8. The summed E-state index contributed by atoms with van der Waals surface area (Å²) in [6, 6.07) is -1.29. The standard InChI is InChI=1S/C17H32N2O4/c1-6-7-8-9-10-14(17(22)23-5)19-16(21)15(11-12(2)3)18-13(4)20/h12,14-15H,6-11H2,1-5H3,(H,18,20)(H,19,21)/t14-,15+/m1/s1. The molecule has 2 atom stereocenters. The van der Waals surface area contributed by atoms with Gasteiger partial charge in [-0.05, 0) is 18.8 Å². The maximum atomic E-state index is 12.4. The predicted octanol–water partition coefficient (Wildman–Crippen LogP) is 2.17. The van der Waals surface area contributed by atoms with Crippen molar-refractivity contribution in [2.75, 3.05) is 7.11 Å². The molecule has 0 aromatic carbocycles. The lowest BCUT2D eigenvalue weighted by molar-refractivity contribution is -0.145. The molecule has 0 heterocycles. The summed E-state index contributed by atoms with van der Waals surface area (Å²) in [6.45, 7) is 7.45. The summed E-state index contributed by atoms with van der Waals surface area (Å²) in [5, 5.41) is 5.37. The van der Waals surface area contributed by atoms with Crippen LogP contribution in [0.1, 0.15) is 66.2 Å². The second-order valence-corrected chi connectivity index (χ2v) is 6.32. The molecular weight excluding hydrogens is 296 g/mol. The first-order valence-corrected chi connectivity index (χ1v) is 8.47. The van der Waals surface area contributed by atoms with Gasteiger partial charge >= 0.3 is 5.97 Å². The zero-order valence-electron chi connectivity index (χ0n) is 15.1. The molecule has 6 heteroatoms. The first-order valence-electron chi connectivity index (χ1n) is 8.47. The van der Waals surface area contributed by atoms with E-state index in [-0.39, 0.29) is 17.7 Å².